The van der Waals surface area contributed by atoms with Crippen LogP contribution in [0.2, 0.25) is 0 Å². The minimum atomic E-state index is -0.478. The van der Waals surface area contributed by atoms with E-state index in [1.807, 2.05) is 18.2 Å². The third-order valence-electron chi connectivity index (χ3n) is 5.21. The fraction of sp³-hybridized carbons (Fsp3) is 0.381. The number of halogens is 1. The SMILES string of the molecule is O=C(OCc1nnc(-c2ccc(Br)o2)o1)C1(Cc2ccccc2)CCCCC1. The van der Waals surface area contributed by atoms with Crippen LogP contribution in [-0.4, -0.2) is 16.2 Å². The van der Waals surface area contributed by atoms with E-state index >= 15 is 0 Å². The number of ether oxygens (including phenoxy) is 1. The molecule has 1 saturated carbocycles. The van der Waals surface area contributed by atoms with Crippen molar-refractivity contribution in [3.05, 3.63) is 58.6 Å². The molecule has 2 aromatic heterocycles. The molecule has 1 aliphatic carbocycles. The molecule has 0 aliphatic heterocycles. The van der Waals surface area contributed by atoms with E-state index in [1.54, 1.807) is 12.1 Å². The van der Waals surface area contributed by atoms with Crippen LogP contribution in [0.1, 0.15) is 43.6 Å². The van der Waals surface area contributed by atoms with Crippen molar-refractivity contribution in [2.24, 2.45) is 5.41 Å². The zero-order valence-electron chi connectivity index (χ0n) is 15.4. The molecule has 0 atom stereocenters. The number of esters is 1. The molecule has 6 nitrogen and oxygen atoms in total. The molecule has 0 spiro atoms. The number of carbonyl (C=O) groups is 1. The Labute approximate surface area is 171 Å². The first kappa shape index (κ1) is 18.9. The second kappa shape index (κ2) is 8.31. The Kier molecular flexibility index (Phi) is 5.62. The maximum atomic E-state index is 13.0. The van der Waals surface area contributed by atoms with Gasteiger partial charge in [-0.05, 0) is 52.9 Å². The molecule has 0 amide bonds. The van der Waals surface area contributed by atoms with Crippen LogP contribution in [-0.2, 0) is 22.6 Å². The lowest BCUT2D eigenvalue weighted by molar-refractivity contribution is -0.160. The van der Waals surface area contributed by atoms with Gasteiger partial charge in [0.1, 0.15) is 0 Å². The summed E-state index contributed by atoms with van der Waals surface area (Å²) in [5.74, 6) is 0.788. The fourth-order valence-electron chi connectivity index (χ4n) is 3.79. The zero-order chi connectivity index (χ0) is 19.4. The Morgan fingerprint density at radius 2 is 1.82 bits per heavy atom. The van der Waals surface area contributed by atoms with Gasteiger partial charge in [-0.2, -0.15) is 0 Å². The highest BCUT2D eigenvalue weighted by Gasteiger charge is 2.41. The van der Waals surface area contributed by atoms with Gasteiger partial charge in [0.15, 0.2) is 17.0 Å². The molecular formula is C21H21BrN2O4. The Morgan fingerprint density at radius 3 is 2.54 bits per heavy atom. The van der Waals surface area contributed by atoms with Crippen molar-refractivity contribution in [1.29, 1.82) is 0 Å². The minimum Gasteiger partial charge on any atom is -0.455 e. The summed E-state index contributed by atoms with van der Waals surface area (Å²) in [6, 6.07) is 13.6. The van der Waals surface area contributed by atoms with Crippen molar-refractivity contribution >= 4 is 21.9 Å². The van der Waals surface area contributed by atoms with Crippen molar-refractivity contribution < 1.29 is 18.4 Å². The number of furan rings is 1. The summed E-state index contributed by atoms with van der Waals surface area (Å²) >= 11 is 3.24. The van der Waals surface area contributed by atoms with E-state index in [-0.39, 0.29) is 24.4 Å². The summed E-state index contributed by atoms with van der Waals surface area (Å²) < 4.78 is 17.2. The number of rotatable bonds is 6. The second-order valence-corrected chi connectivity index (χ2v) is 7.97. The molecule has 0 N–H and O–H groups in total. The highest BCUT2D eigenvalue weighted by molar-refractivity contribution is 9.10. The van der Waals surface area contributed by atoms with Crippen LogP contribution in [0.3, 0.4) is 0 Å². The molecule has 28 heavy (non-hydrogen) atoms. The van der Waals surface area contributed by atoms with Gasteiger partial charge in [-0.25, -0.2) is 0 Å². The smallest absolute Gasteiger partial charge is 0.312 e. The van der Waals surface area contributed by atoms with Crippen LogP contribution in [0.4, 0.5) is 0 Å². The third-order valence-corrected chi connectivity index (χ3v) is 5.63. The monoisotopic (exact) mass is 444 g/mol. The Morgan fingerprint density at radius 1 is 1.04 bits per heavy atom. The second-order valence-electron chi connectivity index (χ2n) is 7.18. The van der Waals surface area contributed by atoms with Gasteiger partial charge in [0.2, 0.25) is 0 Å². The van der Waals surface area contributed by atoms with E-state index in [1.165, 1.54) is 0 Å². The van der Waals surface area contributed by atoms with E-state index in [0.29, 0.717) is 16.9 Å². The number of hydrogen-bond acceptors (Lipinski definition) is 6. The fourth-order valence-corrected chi connectivity index (χ4v) is 4.10. The van der Waals surface area contributed by atoms with Crippen molar-refractivity contribution in [2.75, 3.05) is 0 Å². The van der Waals surface area contributed by atoms with E-state index < -0.39 is 5.41 Å². The molecule has 146 valence electrons. The minimum absolute atomic E-state index is 0.0374. The lowest BCUT2D eigenvalue weighted by Crippen LogP contribution is -2.37. The van der Waals surface area contributed by atoms with Crippen molar-refractivity contribution in [1.82, 2.24) is 10.2 Å². The summed E-state index contributed by atoms with van der Waals surface area (Å²) in [4.78, 5) is 13.0. The van der Waals surface area contributed by atoms with Gasteiger partial charge in [-0.1, -0.05) is 49.6 Å². The quantitative estimate of drug-likeness (QED) is 0.478. The van der Waals surface area contributed by atoms with Crippen molar-refractivity contribution in [3.8, 4) is 11.7 Å². The highest BCUT2D eigenvalue weighted by atomic mass is 79.9. The number of nitrogens with zero attached hydrogens (tertiary/aromatic N) is 2. The normalized spacial score (nSPS) is 16.0. The zero-order valence-corrected chi connectivity index (χ0v) is 17.0. The molecule has 1 fully saturated rings. The number of benzene rings is 1. The average molecular weight is 445 g/mol. The molecule has 2 heterocycles. The maximum Gasteiger partial charge on any atom is 0.312 e. The van der Waals surface area contributed by atoms with Crippen molar-refractivity contribution in [2.45, 2.75) is 45.1 Å². The van der Waals surface area contributed by atoms with Crippen LogP contribution in [0.5, 0.6) is 0 Å². The number of aromatic nitrogens is 2. The molecule has 7 heteroatoms. The standard InChI is InChI=1S/C21H21BrN2O4/c22-17-10-9-16(27-17)19-24-23-18(28-19)14-26-20(25)21(11-5-2-6-12-21)13-15-7-3-1-4-8-15/h1,3-4,7-10H,2,5-6,11-14H2. The van der Waals surface area contributed by atoms with E-state index in [9.17, 15) is 4.79 Å². The first-order valence-electron chi connectivity index (χ1n) is 9.44. The molecule has 3 aromatic rings. The Hall–Kier alpha value is -2.41. The largest absolute Gasteiger partial charge is 0.455 e. The first-order valence-corrected chi connectivity index (χ1v) is 10.2. The molecule has 4 rings (SSSR count). The lowest BCUT2D eigenvalue weighted by Gasteiger charge is -2.35. The van der Waals surface area contributed by atoms with Gasteiger partial charge < -0.3 is 13.6 Å². The van der Waals surface area contributed by atoms with E-state index in [0.717, 1.165) is 37.7 Å². The summed E-state index contributed by atoms with van der Waals surface area (Å²) in [7, 11) is 0. The maximum absolute atomic E-state index is 13.0. The van der Waals surface area contributed by atoms with Crippen molar-refractivity contribution in [3.63, 3.8) is 0 Å². The van der Waals surface area contributed by atoms with Gasteiger partial charge in [0, 0.05) is 0 Å². The van der Waals surface area contributed by atoms with Gasteiger partial charge >= 0.3 is 5.97 Å². The topological polar surface area (TPSA) is 78.4 Å². The molecule has 0 saturated heterocycles. The molecular weight excluding hydrogens is 424 g/mol. The summed E-state index contributed by atoms with van der Waals surface area (Å²) in [5, 5.41) is 7.91. The average Bonchev–Trinajstić information content (AvgIpc) is 3.36. The lowest BCUT2D eigenvalue weighted by atomic mass is 9.70. The molecule has 1 aliphatic rings. The van der Waals surface area contributed by atoms with E-state index in [4.69, 9.17) is 13.6 Å². The highest BCUT2D eigenvalue weighted by Crippen LogP contribution is 2.40. The molecule has 0 radical (unpaired) electrons. The number of hydrogen-bond donors (Lipinski definition) is 0. The summed E-state index contributed by atoms with van der Waals surface area (Å²) in [6.07, 6.45) is 5.63. The Balaban J connectivity index is 1.44. The molecule has 0 bridgehead atoms. The molecule has 0 unspecified atom stereocenters. The van der Waals surface area contributed by atoms with Gasteiger partial charge in [-0.15, -0.1) is 10.2 Å². The predicted molar refractivity (Wildman–Crippen MR) is 105 cm³/mol. The number of carbonyl (C=O) groups excluding carboxylic acids is 1. The summed E-state index contributed by atoms with van der Waals surface area (Å²) in [5.41, 5.74) is 0.679. The predicted octanol–water partition coefficient (Wildman–Crippen LogP) is 5.33. The van der Waals surface area contributed by atoms with Gasteiger partial charge in [0.05, 0.1) is 5.41 Å². The third kappa shape index (κ3) is 4.19. The first-order chi connectivity index (χ1) is 13.6. The van der Waals surface area contributed by atoms with E-state index in [2.05, 4.69) is 38.3 Å². The Bertz CT molecular complexity index is 929. The van der Waals surface area contributed by atoms with Crippen LogP contribution in [0.25, 0.3) is 11.7 Å². The van der Waals surface area contributed by atoms with Crippen LogP contribution in [0, 0.1) is 5.41 Å². The summed E-state index contributed by atoms with van der Waals surface area (Å²) in [6.45, 7) is -0.0374. The van der Waals surface area contributed by atoms with Crippen LogP contribution >= 0.6 is 15.9 Å². The molecule has 1 aromatic carbocycles. The van der Waals surface area contributed by atoms with Gasteiger partial charge in [0.25, 0.3) is 11.8 Å². The van der Waals surface area contributed by atoms with Crippen LogP contribution < -0.4 is 0 Å². The van der Waals surface area contributed by atoms with Crippen LogP contribution in [0.15, 0.2) is 56.0 Å². The van der Waals surface area contributed by atoms with Gasteiger partial charge in [-0.3, -0.25) is 4.79 Å².